The minimum absolute atomic E-state index is 0.0524. The van der Waals surface area contributed by atoms with E-state index in [0.29, 0.717) is 0 Å². The van der Waals surface area contributed by atoms with Crippen molar-refractivity contribution in [1.29, 1.82) is 0 Å². The van der Waals surface area contributed by atoms with Crippen LogP contribution in [-0.2, 0) is 14.8 Å². The van der Waals surface area contributed by atoms with Crippen molar-refractivity contribution in [2.75, 3.05) is 13.1 Å². The molecule has 0 aromatic heterocycles. The predicted molar refractivity (Wildman–Crippen MR) is 88.7 cm³/mol. The molecule has 0 fully saturated rings. The molecule has 0 aliphatic carbocycles. The monoisotopic (exact) mass is 358 g/mol. The molecule has 24 heavy (non-hydrogen) atoms. The van der Waals surface area contributed by atoms with Gasteiger partial charge in [0.15, 0.2) is 0 Å². The average molecular weight is 358 g/mol. The zero-order valence-corrected chi connectivity index (χ0v) is 14.6. The van der Waals surface area contributed by atoms with Gasteiger partial charge in [-0.15, -0.1) is 0 Å². The lowest BCUT2D eigenvalue weighted by Gasteiger charge is -2.25. The van der Waals surface area contributed by atoms with E-state index in [2.05, 4.69) is 10.0 Å². The van der Waals surface area contributed by atoms with Gasteiger partial charge in [-0.3, -0.25) is 14.9 Å². The number of benzene rings is 1. The molecule has 0 aliphatic heterocycles. The molecule has 0 spiro atoms. The fourth-order valence-corrected chi connectivity index (χ4v) is 2.79. The molecule has 0 saturated heterocycles. The molecule has 134 valence electrons. The van der Waals surface area contributed by atoms with Gasteiger partial charge in [0.25, 0.3) is 5.69 Å². The summed E-state index contributed by atoms with van der Waals surface area (Å²) >= 11 is 0. The van der Waals surface area contributed by atoms with E-state index < -0.39 is 26.4 Å². The van der Waals surface area contributed by atoms with Crippen LogP contribution in [0.2, 0.25) is 0 Å². The first-order valence-corrected chi connectivity index (χ1v) is 8.71. The van der Waals surface area contributed by atoms with Crippen molar-refractivity contribution >= 4 is 21.6 Å². The highest BCUT2D eigenvalue weighted by Crippen LogP contribution is 2.17. The molecule has 1 aromatic rings. The van der Waals surface area contributed by atoms with Gasteiger partial charge in [-0.2, -0.15) is 0 Å². The maximum atomic E-state index is 12.1. The lowest BCUT2D eigenvalue weighted by atomic mass is 9.87. The van der Waals surface area contributed by atoms with E-state index in [1.165, 1.54) is 18.2 Å². The Morgan fingerprint density at radius 2 is 1.96 bits per heavy atom. The second-order valence-electron chi connectivity index (χ2n) is 6.29. The van der Waals surface area contributed by atoms with Gasteiger partial charge in [0, 0.05) is 25.2 Å². The summed E-state index contributed by atoms with van der Waals surface area (Å²) in [6, 6.07) is 4.00. The van der Waals surface area contributed by atoms with Crippen LogP contribution in [0.4, 0.5) is 5.69 Å². The highest BCUT2D eigenvalue weighted by atomic mass is 32.2. The number of nitrogens with two attached hydrogens (primary N) is 1. The second-order valence-corrected chi connectivity index (χ2v) is 8.05. The van der Waals surface area contributed by atoms with Gasteiger partial charge in [0.05, 0.1) is 15.9 Å². The Bertz CT molecular complexity index is 712. The first-order valence-electron chi connectivity index (χ1n) is 7.22. The number of hydrogen-bond acceptors (Lipinski definition) is 6. The Hall–Kier alpha value is -2.04. The number of sulfonamides is 1. The predicted octanol–water partition coefficient (Wildman–Crippen LogP) is 0.363. The van der Waals surface area contributed by atoms with E-state index in [4.69, 9.17) is 5.73 Å². The molecule has 1 rings (SSSR count). The first-order chi connectivity index (χ1) is 10.9. The molecule has 1 aromatic carbocycles. The summed E-state index contributed by atoms with van der Waals surface area (Å²) in [6.07, 6.45) is 0. The van der Waals surface area contributed by atoms with Crippen molar-refractivity contribution in [3.8, 4) is 0 Å². The molecule has 9 nitrogen and oxygen atoms in total. The van der Waals surface area contributed by atoms with Crippen molar-refractivity contribution in [3.05, 3.63) is 34.4 Å². The number of rotatable bonds is 7. The lowest BCUT2D eigenvalue weighted by molar-refractivity contribution is -0.385. The largest absolute Gasteiger partial charge is 0.353 e. The van der Waals surface area contributed by atoms with Crippen LogP contribution in [0.3, 0.4) is 0 Å². The Balaban J connectivity index is 2.60. The van der Waals surface area contributed by atoms with Gasteiger partial charge in [-0.05, 0) is 11.5 Å². The zero-order valence-electron chi connectivity index (χ0n) is 13.8. The van der Waals surface area contributed by atoms with Crippen LogP contribution in [0.5, 0.6) is 0 Å². The molecule has 1 amide bonds. The van der Waals surface area contributed by atoms with E-state index in [1.807, 2.05) is 20.8 Å². The smallest absolute Gasteiger partial charge is 0.270 e. The summed E-state index contributed by atoms with van der Waals surface area (Å²) in [5.74, 6) is -0.378. The second kappa shape index (κ2) is 7.69. The fraction of sp³-hybridized carbons (Fsp3) is 0.500. The van der Waals surface area contributed by atoms with Gasteiger partial charge < -0.3 is 11.1 Å². The Kier molecular flexibility index (Phi) is 6.41. The Labute approximate surface area is 140 Å². The average Bonchev–Trinajstić information content (AvgIpc) is 2.49. The quantitative estimate of drug-likeness (QED) is 0.365. The molecular formula is C14H22N4O5S. The normalized spacial score (nSPS) is 13.3. The summed E-state index contributed by atoms with van der Waals surface area (Å²) in [5, 5.41) is 13.2. The summed E-state index contributed by atoms with van der Waals surface area (Å²) < 4.78 is 26.4. The number of carbonyl (C=O) groups excluding carboxylic acids is 1. The third-order valence-corrected chi connectivity index (χ3v) is 4.73. The highest BCUT2D eigenvalue weighted by molar-refractivity contribution is 7.89. The molecule has 0 heterocycles. The maximum absolute atomic E-state index is 12.1. The number of nitrogens with zero attached hydrogens (tertiary/aromatic N) is 1. The molecule has 0 bridgehead atoms. The fourth-order valence-electron chi connectivity index (χ4n) is 1.72. The maximum Gasteiger partial charge on any atom is 0.270 e. The van der Waals surface area contributed by atoms with Gasteiger partial charge in [0.2, 0.25) is 15.9 Å². The van der Waals surface area contributed by atoms with Crippen LogP contribution in [0.15, 0.2) is 29.2 Å². The van der Waals surface area contributed by atoms with Crippen LogP contribution in [0.25, 0.3) is 0 Å². The zero-order chi connectivity index (χ0) is 18.5. The van der Waals surface area contributed by atoms with Crippen molar-refractivity contribution in [1.82, 2.24) is 10.0 Å². The van der Waals surface area contributed by atoms with Crippen LogP contribution in [0.1, 0.15) is 20.8 Å². The number of carbonyl (C=O) groups is 1. The molecule has 4 N–H and O–H groups in total. The molecule has 1 atom stereocenters. The molecule has 0 unspecified atom stereocenters. The first kappa shape index (κ1) is 20.0. The molecule has 0 radical (unpaired) electrons. The lowest BCUT2D eigenvalue weighted by Crippen LogP contribution is -2.49. The van der Waals surface area contributed by atoms with Gasteiger partial charge in [0.1, 0.15) is 0 Å². The van der Waals surface area contributed by atoms with Crippen molar-refractivity contribution in [3.63, 3.8) is 0 Å². The van der Waals surface area contributed by atoms with E-state index in [-0.39, 0.29) is 29.6 Å². The third kappa shape index (κ3) is 5.55. The standard InChI is InChI=1S/C14H22N4O5S/c1-14(2,3)12(15)13(19)16-7-8-17-24(22,23)11-6-4-5-10(9-11)18(20)21/h4-6,9,12,17H,7-8,15H2,1-3H3,(H,16,19)/t12-/m1/s1. The van der Waals surface area contributed by atoms with Crippen molar-refractivity contribution in [2.24, 2.45) is 11.1 Å². The Morgan fingerprint density at radius 3 is 2.50 bits per heavy atom. The molecule has 10 heteroatoms. The summed E-state index contributed by atoms with van der Waals surface area (Å²) in [4.78, 5) is 21.6. The molecule has 0 aliphatic rings. The Morgan fingerprint density at radius 1 is 1.33 bits per heavy atom. The minimum atomic E-state index is -3.90. The van der Waals surface area contributed by atoms with Crippen LogP contribution >= 0.6 is 0 Å². The minimum Gasteiger partial charge on any atom is -0.353 e. The van der Waals surface area contributed by atoms with E-state index in [1.54, 1.807) is 0 Å². The van der Waals surface area contributed by atoms with Crippen LogP contribution in [0, 0.1) is 15.5 Å². The number of non-ortho nitro benzene ring substituents is 1. The number of nitro groups is 1. The van der Waals surface area contributed by atoms with Gasteiger partial charge >= 0.3 is 0 Å². The summed E-state index contributed by atoms with van der Waals surface area (Å²) in [6.45, 7) is 5.46. The summed E-state index contributed by atoms with van der Waals surface area (Å²) in [5.41, 5.74) is 5.06. The SMILES string of the molecule is CC(C)(C)[C@H](N)C(=O)NCCNS(=O)(=O)c1cccc([N+](=O)[O-])c1. The number of nitrogens with one attached hydrogen (secondary N) is 2. The van der Waals surface area contributed by atoms with E-state index in [9.17, 15) is 23.3 Å². The third-order valence-electron chi connectivity index (χ3n) is 3.27. The van der Waals surface area contributed by atoms with Gasteiger partial charge in [-0.25, -0.2) is 13.1 Å². The van der Waals surface area contributed by atoms with Crippen molar-refractivity contribution < 1.29 is 18.1 Å². The van der Waals surface area contributed by atoms with E-state index >= 15 is 0 Å². The van der Waals surface area contributed by atoms with Gasteiger partial charge in [-0.1, -0.05) is 26.8 Å². The topological polar surface area (TPSA) is 144 Å². The molecule has 0 saturated carbocycles. The molecular weight excluding hydrogens is 336 g/mol. The highest BCUT2D eigenvalue weighted by Gasteiger charge is 2.27. The van der Waals surface area contributed by atoms with Crippen LogP contribution < -0.4 is 15.8 Å². The summed E-state index contributed by atoms with van der Waals surface area (Å²) in [7, 11) is -3.90. The number of hydrogen-bond donors (Lipinski definition) is 3. The van der Waals surface area contributed by atoms with Crippen molar-refractivity contribution in [2.45, 2.75) is 31.7 Å². The number of amides is 1. The van der Waals surface area contributed by atoms with Crippen LogP contribution in [-0.4, -0.2) is 38.4 Å². The number of nitro benzene ring substituents is 1. The van der Waals surface area contributed by atoms with E-state index in [0.717, 1.165) is 6.07 Å².